The van der Waals surface area contributed by atoms with Gasteiger partial charge in [-0.25, -0.2) is 0 Å². The number of methoxy groups -OCH3 is 1. The Morgan fingerprint density at radius 2 is 1.85 bits per heavy atom. The van der Waals surface area contributed by atoms with Crippen LogP contribution in [-0.4, -0.2) is 17.8 Å². The lowest BCUT2D eigenvalue weighted by molar-refractivity contribution is -0.0313. The summed E-state index contributed by atoms with van der Waals surface area (Å²) in [7, 11) is 1.65. The Morgan fingerprint density at radius 1 is 1.15 bits per heavy atom. The molecule has 1 aliphatic heterocycles. The van der Waals surface area contributed by atoms with Gasteiger partial charge in [0.25, 0.3) is 0 Å². The van der Waals surface area contributed by atoms with E-state index >= 15 is 0 Å². The Morgan fingerprint density at radius 3 is 2.55 bits per heavy atom. The topological polar surface area (TPSA) is 38.7 Å². The van der Waals surface area contributed by atoms with Crippen LogP contribution in [0, 0.1) is 0 Å². The molecule has 3 nitrogen and oxygen atoms in total. The molecule has 1 atom stereocenters. The predicted octanol–water partition coefficient (Wildman–Crippen LogP) is 3.99. The third-order valence-corrected chi connectivity index (χ3v) is 4.73. The van der Waals surface area contributed by atoms with Gasteiger partial charge >= 0.3 is 0 Å². The summed E-state index contributed by atoms with van der Waals surface area (Å²) in [6.07, 6.45) is 8.74. The van der Waals surface area contributed by atoms with Crippen molar-refractivity contribution in [1.29, 1.82) is 0 Å². The van der Waals surface area contributed by atoms with Gasteiger partial charge in [0.15, 0.2) is 0 Å². The van der Waals surface area contributed by atoms with E-state index in [1.165, 1.54) is 32.1 Å². The van der Waals surface area contributed by atoms with E-state index in [0.29, 0.717) is 6.42 Å². The lowest BCUT2D eigenvalue weighted by atomic mass is 9.79. The standard InChI is InChI=1S/C17H24O3/c1-19-13-7-8-16-14(11-13)15(18)12-17(20-16)9-5-3-2-4-6-10-17/h7-8,11,15,18H,2-6,9-10,12H2,1H3/t15-/m0/s1. The average molecular weight is 276 g/mol. The largest absolute Gasteiger partial charge is 0.497 e. The number of ether oxygens (including phenoxy) is 2. The molecule has 0 bridgehead atoms. The molecular formula is C17H24O3. The molecule has 1 aromatic rings. The molecule has 1 spiro atoms. The van der Waals surface area contributed by atoms with Crippen molar-refractivity contribution in [2.24, 2.45) is 0 Å². The quantitative estimate of drug-likeness (QED) is 0.842. The first-order valence-corrected chi connectivity index (χ1v) is 7.77. The monoisotopic (exact) mass is 276 g/mol. The van der Waals surface area contributed by atoms with Gasteiger partial charge in [-0.15, -0.1) is 0 Å². The van der Waals surface area contributed by atoms with E-state index in [1.807, 2.05) is 18.2 Å². The maximum atomic E-state index is 10.5. The van der Waals surface area contributed by atoms with E-state index in [9.17, 15) is 5.11 Å². The number of hydrogen-bond acceptors (Lipinski definition) is 3. The van der Waals surface area contributed by atoms with Gasteiger partial charge in [-0.05, 0) is 43.9 Å². The van der Waals surface area contributed by atoms with Crippen LogP contribution in [0.25, 0.3) is 0 Å². The zero-order valence-corrected chi connectivity index (χ0v) is 12.2. The third kappa shape index (κ3) is 2.64. The maximum absolute atomic E-state index is 10.5. The van der Waals surface area contributed by atoms with E-state index in [0.717, 1.165) is 29.9 Å². The van der Waals surface area contributed by atoms with Crippen LogP contribution in [0.4, 0.5) is 0 Å². The van der Waals surface area contributed by atoms with Gasteiger partial charge in [0.1, 0.15) is 17.1 Å². The first-order valence-electron chi connectivity index (χ1n) is 7.77. The van der Waals surface area contributed by atoms with E-state index in [1.54, 1.807) is 7.11 Å². The molecule has 0 unspecified atom stereocenters. The molecule has 110 valence electrons. The fraction of sp³-hybridized carbons (Fsp3) is 0.647. The van der Waals surface area contributed by atoms with Crippen molar-refractivity contribution >= 4 is 0 Å². The molecule has 0 amide bonds. The summed E-state index contributed by atoms with van der Waals surface area (Å²) < 4.78 is 11.6. The minimum absolute atomic E-state index is 0.151. The molecule has 1 saturated carbocycles. The molecule has 3 rings (SSSR count). The molecule has 1 heterocycles. The van der Waals surface area contributed by atoms with E-state index in [-0.39, 0.29) is 5.60 Å². The van der Waals surface area contributed by atoms with Gasteiger partial charge in [0.05, 0.1) is 13.2 Å². The molecule has 1 fully saturated rings. The summed E-state index contributed by atoms with van der Waals surface area (Å²) in [6.45, 7) is 0. The van der Waals surface area contributed by atoms with Crippen molar-refractivity contribution in [3.05, 3.63) is 23.8 Å². The van der Waals surface area contributed by atoms with Crippen molar-refractivity contribution in [1.82, 2.24) is 0 Å². The van der Waals surface area contributed by atoms with Crippen molar-refractivity contribution in [3.8, 4) is 11.5 Å². The fourth-order valence-electron chi connectivity index (χ4n) is 3.60. The number of aliphatic hydroxyl groups excluding tert-OH is 1. The summed E-state index contributed by atoms with van der Waals surface area (Å²) >= 11 is 0. The summed E-state index contributed by atoms with van der Waals surface area (Å²) in [5.74, 6) is 1.62. The van der Waals surface area contributed by atoms with Gasteiger partial charge < -0.3 is 14.6 Å². The van der Waals surface area contributed by atoms with Crippen LogP contribution in [0.15, 0.2) is 18.2 Å². The highest BCUT2D eigenvalue weighted by Gasteiger charge is 2.40. The van der Waals surface area contributed by atoms with Gasteiger partial charge in [-0.2, -0.15) is 0 Å². The molecule has 2 aliphatic rings. The molecule has 0 radical (unpaired) electrons. The highest BCUT2D eigenvalue weighted by atomic mass is 16.5. The first kappa shape index (κ1) is 13.7. The number of aliphatic hydroxyl groups is 1. The van der Waals surface area contributed by atoms with Crippen LogP contribution in [0.3, 0.4) is 0 Å². The molecule has 3 heteroatoms. The van der Waals surface area contributed by atoms with Crippen molar-refractivity contribution in [2.75, 3.05) is 7.11 Å². The Hall–Kier alpha value is -1.22. The number of benzene rings is 1. The lowest BCUT2D eigenvalue weighted by Gasteiger charge is -2.42. The van der Waals surface area contributed by atoms with Gasteiger partial charge in [-0.3, -0.25) is 0 Å². The van der Waals surface area contributed by atoms with Crippen molar-refractivity contribution < 1.29 is 14.6 Å². The van der Waals surface area contributed by atoms with Crippen molar-refractivity contribution in [2.45, 2.75) is 63.1 Å². The Labute approximate surface area is 120 Å². The number of rotatable bonds is 1. The molecule has 0 saturated heterocycles. The summed E-state index contributed by atoms with van der Waals surface area (Å²) in [5, 5.41) is 10.5. The van der Waals surface area contributed by atoms with Crippen LogP contribution in [0.5, 0.6) is 11.5 Å². The number of hydrogen-bond donors (Lipinski definition) is 1. The second kappa shape index (κ2) is 5.65. The SMILES string of the molecule is COc1ccc2c(c1)[C@@H](O)CC1(CCCCCCC1)O2. The molecule has 20 heavy (non-hydrogen) atoms. The second-order valence-corrected chi connectivity index (χ2v) is 6.18. The second-order valence-electron chi connectivity index (χ2n) is 6.18. The third-order valence-electron chi connectivity index (χ3n) is 4.73. The van der Waals surface area contributed by atoms with Crippen LogP contribution in [-0.2, 0) is 0 Å². The van der Waals surface area contributed by atoms with Crippen LogP contribution < -0.4 is 9.47 Å². The van der Waals surface area contributed by atoms with Gasteiger partial charge in [0, 0.05) is 12.0 Å². The highest BCUT2D eigenvalue weighted by molar-refractivity contribution is 5.43. The Bertz CT molecular complexity index is 461. The van der Waals surface area contributed by atoms with Crippen LogP contribution in [0.1, 0.15) is 63.0 Å². The summed E-state index contributed by atoms with van der Waals surface area (Å²) in [6, 6.07) is 5.75. The minimum Gasteiger partial charge on any atom is -0.497 e. The van der Waals surface area contributed by atoms with E-state index < -0.39 is 6.10 Å². The van der Waals surface area contributed by atoms with Crippen LogP contribution in [0.2, 0.25) is 0 Å². The Balaban J connectivity index is 1.87. The highest BCUT2D eigenvalue weighted by Crippen LogP contribution is 2.45. The predicted molar refractivity (Wildman–Crippen MR) is 78.2 cm³/mol. The smallest absolute Gasteiger partial charge is 0.126 e. The lowest BCUT2D eigenvalue weighted by Crippen LogP contribution is -2.41. The van der Waals surface area contributed by atoms with Gasteiger partial charge in [-0.1, -0.05) is 19.3 Å². The van der Waals surface area contributed by atoms with Crippen LogP contribution >= 0.6 is 0 Å². The summed E-state index contributed by atoms with van der Waals surface area (Å²) in [5.41, 5.74) is 0.721. The zero-order valence-electron chi connectivity index (χ0n) is 12.2. The zero-order chi connectivity index (χ0) is 14.0. The summed E-state index contributed by atoms with van der Waals surface area (Å²) in [4.78, 5) is 0. The first-order chi connectivity index (χ1) is 9.72. The molecule has 1 aromatic carbocycles. The normalized spacial score (nSPS) is 25.2. The van der Waals surface area contributed by atoms with E-state index in [4.69, 9.17) is 9.47 Å². The fourth-order valence-corrected chi connectivity index (χ4v) is 3.60. The maximum Gasteiger partial charge on any atom is 0.126 e. The molecule has 0 aromatic heterocycles. The Kier molecular flexibility index (Phi) is 3.88. The molecule has 1 aliphatic carbocycles. The molecule has 1 N–H and O–H groups in total. The molecular weight excluding hydrogens is 252 g/mol. The number of fused-ring (bicyclic) bond motifs is 1. The van der Waals surface area contributed by atoms with E-state index in [2.05, 4.69) is 0 Å². The average Bonchev–Trinajstić information content (AvgIpc) is 2.43. The van der Waals surface area contributed by atoms with Gasteiger partial charge in [0.2, 0.25) is 0 Å². The minimum atomic E-state index is -0.437. The van der Waals surface area contributed by atoms with Crippen molar-refractivity contribution in [3.63, 3.8) is 0 Å².